The van der Waals surface area contributed by atoms with E-state index in [4.69, 9.17) is 0 Å². The molecular formula is C22H34F2O5SU-2. The zero-order valence-electron chi connectivity index (χ0n) is 16.5. The van der Waals surface area contributed by atoms with Crippen LogP contribution in [0.3, 0.4) is 0 Å². The van der Waals surface area contributed by atoms with Crippen LogP contribution in [0.2, 0.25) is 0 Å². The van der Waals surface area contributed by atoms with E-state index in [-0.39, 0.29) is 70.5 Å². The van der Waals surface area contributed by atoms with E-state index in [0.717, 1.165) is 18.3 Å². The molecule has 0 aromatic rings. The average molecular weight is 687 g/mol. The predicted octanol–water partition coefficient (Wildman–Crippen LogP) is 4.33. The minimum atomic E-state index is -6.02. The van der Waals surface area contributed by atoms with E-state index in [0.29, 0.717) is 35.5 Å². The van der Waals surface area contributed by atoms with Crippen molar-refractivity contribution in [1.29, 1.82) is 0 Å². The Labute approximate surface area is 209 Å². The Morgan fingerprint density at radius 2 is 1.55 bits per heavy atom. The van der Waals surface area contributed by atoms with Crippen molar-refractivity contribution >= 4 is 21.7 Å². The van der Waals surface area contributed by atoms with E-state index in [2.05, 4.69) is 20.3 Å². The van der Waals surface area contributed by atoms with E-state index >= 15 is 0 Å². The number of carbonyl (C=O) groups excluding carboxylic acids is 2. The molecule has 0 radical (unpaired) electrons. The van der Waals surface area contributed by atoms with Gasteiger partial charge in [0.2, 0.25) is 5.78 Å². The first kappa shape index (κ1) is 29.2. The van der Waals surface area contributed by atoms with Crippen molar-refractivity contribution in [1.82, 2.24) is 0 Å². The van der Waals surface area contributed by atoms with E-state index in [1.165, 1.54) is 6.42 Å². The van der Waals surface area contributed by atoms with Crippen molar-refractivity contribution in [2.45, 2.75) is 66.1 Å². The first-order chi connectivity index (χ1) is 12.9. The van der Waals surface area contributed by atoms with Gasteiger partial charge in [-0.3, -0.25) is 4.79 Å². The van der Waals surface area contributed by atoms with Gasteiger partial charge < -0.3 is 15.8 Å². The van der Waals surface area contributed by atoms with Crippen molar-refractivity contribution < 1.29 is 62.5 Å². The number of rotatable bonds is 7. The smallest absolute Gasteiger partial charge is 0.391 e. The topological polar surface area (TPSA) is 91.3 Å². The molecule has 0 amide bonds. The van der Waals surface area contributed by atoms with Crippen LogP contribution in [0.1, 0.15) is 60.8 Å². The molecule has 4 saturated carbocycles. The Hall–Kier alpha value is 0.162. The minimum Gasteiger partial charge on any atom is -0.743 e. The zero-order valence-corrected chi connectivity index (χ0v) is 21.5. The van der Waals surface area contributed by atoms with Gasteiger partial charge in [-0.1, -0.05) is 47.0 Å². The number of ketones is 2. The standard InChI is InChI=1S/C20H27F2O5S.2CH4.U/c1-9-10(2)13-8-12(9)18-11-6-14(15(7-11)19(13)18)16(23)4-3-5-17(24)20(21,22)28(25,26)27;;;/h6,9-15,18-19H,3-5,7-8H2,1-2H3,(H,25,26,27);2*1H4;/q-1;;;/p-1. The summed E-state index contributed by atoms with van der Waals surface area (Å²) in [5, 5.41) is -4.92. The molecule has 9 atom stereocenters. The molecule has 5 nitrogen and oxygen atoms in total. The average Bonchev–Trinajstić information content (AvgIpc) is 3.33. The van der Waals surface area contributed by atoms with Gasteiger partial charge in [0, 0.05) is 44.0 Å². The first-order valence-electron chi connectivity index (χ1n) is 10.2. The normalized spacial score (nSPS) is 39.8. The molecule has 0 N–H and O–H groups in total. The van der Waals surface area contributed by atoms with Crippen LogP contribution in [-0.2, 0) is 19.7 Å². The molecule has 0 aromatic carbocycles. The van der Waals surface area contributed by atoms with Gasteiger partial charge in [0.25, 0.3) is 0 Å². The summed E-state index contributed by atoms with van der Waals surface area (Å²) in [7, 11) is -6.02. The van der Waals surface area contributed by atoms with Crippen molar-refractivity contribution in [2.24, 2.45) is 53.3 Å². The third-order valence-electron chi connectivity index (χ3n) is 8.44. The number of carbonyl (C=O) groups is 2. The molecule has 0 saturated heterocycles. The maximum absolute atomic E-state index is 13.2. The van der Waals surface area contributed by atoms with Crippen LogP contribution >= 0.6 is 0 Å². The Morgan fingerprint density at radius 1 is 1.00 bits per heavy atom. The largest absolute Gasteiger partial charge is 0.743 e. The molecular weight excluding hydrogens is 652 g/mol. The van der Waals surface area contributed by atoms with E-state index in [9.17, 15) is 31.3 Å². The molecule has 4 bridgehead atoms. The van der Waals surface area contributed by atoms with Gasteiger partial charge in [-0.05, 0) is 42.4 Å². The van der Waals surface area contributed by atoms with Gasteiger partial charge >= 0.3 is 5.25 Å². The molecule has 31 heavy (non-hydrogen) atoms. The quantitative estimate of drug-likeness (QED) is 0.226. The van der Waals surface area contributed by atoms with Crippen LogP contribution in [0.5, 0.6) is 0 Å². The SMILES string of the molecule is C.C.CC1C(C)C2CC1C1C3[CH-]C(C(=O)CCCC(=O)C(F)(F)S(=O)(=O)[O-])C(C3)C21.[U]. The van der Waals surface area contributed by atoms with Gasteiger partial charge in [-0.2, -0.15) is 14.7 Å². The number of Topliss-reactive ketones (excluding diaryl/α,β-unsaturated/α-hetero) is 2. The zero-order chi connectivity index (χ0) is 20.6. The molecule has 178 valence electrons. The second-order valence-corrected chi connectivity index (χ2v) is 10.9. The molecule has 0 aromatic heterocycles. The van der Waals surface area contributed by atoms with Crippen molar-refractivity contribution in [3.63, 3.8) is 0 Å². The van der Waals surface area contributed by atoms with Crippen LogP contribution in [0.4, 0.5) is 8.78 Å². The fourth-order valence-corrected chi connectivity index (χ4v) is 7.55. The van der Waals surface area contributed by atoms with Gasteiger partial charge in [0.05, 0.1) is 0 Å². The summed E-state index contributed by atoms with van der Waals surface area (Å²) in [5.74, 6) is 2.74. The van der Waals surface area contributed by atoms with Crippen LogP contribution < -0.4 is 0 Å². The van der Waals surface area contributed by atoms with E-state index in [1.807, 2.05) is 0 Å². The molecule has 4 fully saturated rings. The predicted molar refractivity (Wildman–Crippen MR) is 108 cm³/mol. The Balaban J connectivity index is 0.00000160. The van der Waals surface area contributed by atoms with Crippen LogP contribution in [-0.4, -0.2) is 29.8 Å². The maximum Gasteiger partial charge on any atom is 0.391 e. The second kappa shape index (κ2) is 9.80. The maximum atomic E-state index is 13.2. The molecule has 4 aliphatic carbocycles. The molecule has 4 aliphatic rings. The summed E-state index contributed by atoms with van der Waals surface area (Å²) >= 11 is 0. The molecule has 9 heteroatoms. The van der Waals surface area contributed by atoms with Gasteiger partial charge in [0.15, 0.2) is 10.1 Å². The number of fused-ring (bicyclic) bond motifs is 9. The third-order valence-corrected chi connectivity index (χ3v) is 9.30. The number of halogens is 2. The number of hydrogen-bond acceptors (Lipinski definition) is 5. The summed E-state index contributed by atoms with van der Waals surface area (Å²) in [6.07, 6.45) is 3.47. The molecule has 0 aliphatic heterocycles. The number of alkyl halides is 2. The first-order valence-corrected chi connectivity index (χ1v) is 11.6. The summed E-state index contributed by atoms with van der Waals surface area (Å²) in [6.45, 7) is 4.66. The van der Waals surface area contributed by atoms with Gasteiger partial charge in [0.1, 0.15) is 5.78 Å². The molecule has 0 spiro atoms. The van der Waals surface area contributed by atoms with Gasteiger partial charge in [-0.15, -0.1) is 5.92 Å². The summed E-state index contributed by atoms with van der Waals surface area (Å²) in [6, 6.07) is 0. The van der Waals surface area contributed by atoms with E-state index in [1.54, 1.807) is 0 Å². The minimum absolute atomic E-state index is 0. The fourth-order valence-electron chi connectivity index (χ4n) is 7.17. The monoisotopic (exact) mass is 686 g/mol. The Bertz CT molecular complexity index is 802. The van der Waals surface area contributed by atoms with Crippen molar-refractivity contribution in [3.05, 3.63) is 6.42 Å². The Kier molecular flexibility index (Phi) is 9.23. The van der Waals surface area contributed by atoms with Gasteiger partial charge in [-0.25, -0.2) is 8.42 Å². The Morgan fingerprint density at radius 3 is 2.10 bits per heavy atom. The van der Waals surface area contributed by atoms with E-state index < -0.39 is 27.6 Å². The molecule has 9 unspecified atom stereocenters. The number of hydrogen-bond donors (Lipinski definition) is 0. The van der Waals surface area contributed by atoms with Crippen molar-refractivity contribution in [2.75, 3.05) is 0 Å². The van der Waals surface area contributed by atoms with Crippen LogP contribution in [0, 0.1) is 90.8 Å². The molecule has 4 rings (SSSR count). The summed E-state index contributed by atoms with van der Waals surface area (Å²) in [5.41, 5.74) is 0. The second-order valence-electron chi connectivity index (χ2n) is 9.43. The fraction of sp³-hybridized carbons (Fsp3) is 0.864. The van der Waals surface area contributed by atoms with Crippen LogP contribution in [0.15, 0.2) is 0 Å². The van der Waals surface area contributed by atoms with Crippen molar-refractivity contribution in [3.8, 4) is 0 Å². The molecule has 0 heterocycles. The van der Waals surface area contributed by atoms with Crippen LogP contribution in [0.25, 0.3) is 0 Å². The third kappa shape index (κ3) is 4.47. The summed E-state index contributed by atoms with van der Waals surface area (Å²) < 4.78 is 58.0. The summed E-state index contributed by atoms with van der Waals surface area (Å²) in [4.78, 5) is 24.1.